The van der Waals surface area contributed by atoms with Gasteiger partial charge in [-0.1, -0.05) is 0 Å². The highest BCUT2D eigenvalue weighted by Gasteiger charge is 2.30. The van der Waals surface area contributed by atoms with Crippen molar-refractivity contribution in [1.82, 2.24) is 4.90 Å². The molecule has 1 aliphatic heterocycles. The van der Waals surface area contributed by atoms with E-state index in [1.807, 2.05) is 19.1 Å². The van der Waals surface area contributed by atoms with Crippen molar-refractivity contribution < 1.29 is 14.0 Å². The van der Waals surface area contributed by atoms with Crippen LogP contribution in [0.1, 0.15) is 25.5 Å². The Hall–Kier alpha value is -1.58. The van der Waals surface area contributed by atoms with Crippen LogP contribution in [-0.2, 0) is 16.0 Å². The number of hydrogen-bond acceptors (Lipinski definition) is 3. The first-order valence-electron chi connectivity index (χ1n) is 5.50. The van der Waals surface area contributed by atoms with Crippen LogP contribution in [-0.4, -0.2) is 29.2 Å². The fraction of sp³-hybridized carbons (Fsp3) is 0.500. The molecule has 1 aliphatic rings. The van der Waals surface area contributed by atoms with E-state index in [9.17, 15) is 9.59 Å². The van der Waals surface area contributed by atoms with E-state index in [-0.39, 0.29) is 30.7 Å². The summed E-state index contributed by atoms with van der Waals surface area (Å²) in [6.07, 6.45) is 3.34. The summed E-state index contributed by atoms with van der Waals surface area (Å²) < 4.78 is 5.22. The Kier molecular flexibility index (Phi) is 3.08. The molecule has 1 fully saturated rings. The predicted molar refractivity (Wildman–Crippen MR) is 57.8 cm³/mol. The third kappa shape index (κ3) is 2.32. The Morgan fingerprint density at radius 3 is 2.88 bits per heavy atom. The normalized spacial score (nSPS) is 18.2. The number of ketones is 1. The summed E-state index contributed by atoms with van der Waals surface area (Å²) in [5.74, 6) is 0.900. The molecule has 16 heavy (non-hydrogen) atoms. The van der Waals surface area contributed by atoms with Crippen LogP contribution in [0.4, 0.5) is 0 Å². The Bertz CT molecular complexity index is 383. The largest absolute Gasteiger partial charge is 0.469 e. The number of Topliss-reactive ketones (excluding diaryl/α,β-unsaturated/α-hetero) is 1. The van der Waals surface area contributed by atoms with Gasteiger partial charge in [-0.25, -0.2) is 0 Å². The quantitative estimate of drug-likeness (QED) is 0.722. The highest BCUT2D eigenvalue weighted by Crippen LogP contribution is 2.15. The first-order valence-corrected chi connectivity index (χ1v) is 5.50. The third-order valence-electron chi connectivity index (χ3n) is 2.94. The van der Waals surface area contributed by atoms with E-state index < -0.39 is 0 Å². The standard InChI is InChI=1S/C12H15NO3/c1-9(4-5-11-3-2-6-16-11)13-8-10(14)7-12(13)15/h2-3,6,9H,4-5,7-8H2,1H3. The van der Waals surface area contributed by atoms with E-state index >= 15 is 0 Å². The fourth-order valence-electron chi connectivity index (χ4n) is 1.97. The molecule has 1 amide bonds. The number of rotatable bonds is 4. The van der Waals surface area contributed by atoms with Crippen LogP contribution in [0, 0.1) is 0 Å². The Labute approximate surface area is 94.2 Å². The number of likely N-dealkylation sites (tertiary alicyclic amines) is 1. The molecule has 1 aromatic rings. The molecular weight excluding hydrogens is 206 g/mol. The van der Waals surface area contributed by atoms with E-state index in [2.05, 4.69) is 0 Å². The zero-order chi connectivity index (χ0) is 11.5. The number of furan rings is 1. The monoisotopic (exact) mass is 221 g/mol. The van der Waals surface area contributed by atoms with Crippen LogP contribution in [0.2, 0.25) is 0 Å². The highest BCUT2D eigenvalue weighted by molar-refractivity contribution is 6.05. The third-order valence-corrected chi connectivity index (χ3v) is 2.94. The summed E-state index contributed by atoms with van der Waals surface area (Å²) in [4.78, 5) is 24.2. The van der Waals surface area contributed by atoms with Crippen molar-refractivity contribution in [2.45, 2.75) is 32.2 Å². The molecule has 1 aromatic heterocycles. The van der Waals surface area contributed by atoms with Crippen molar-refractivity contribution in [3.8, 4) is 0 Å². The molecule has 0 saturated carbocycles. The van der Waals surface area contributed by atoms with Crippen molar-refractivity contribution in [3.05, 3.63) is 24.2 Å². The van der Waals surface area contributed by atoms with Gasteiger partial charge in [-0.05, 0) is 25.5 Å². The van der Waals surface area contributed by atoms with E-state index in [4.69, 9.17) is 4.42 Å². The van der Waals surface area contributed by atoms with Gasteiger partial charge in [0.1, 0.15) is 5.76 Å². The second-order valence-electron chi connectivity index (χ2n) is 4.20. The zero-order valence-electron chi connectivity index (χ0n) is 9.31. The first-order chi connectivity index (χ1) is 7.66. The smallest absolute Gasteiger partial charge is 0.230 e. The van der Waals surface area contributed by atoms with Crippen LogP contribution in [0.15, 0.2) is 22.8 Å². The lowest BCUT2D eigenvalue weighted by atomic mass is 10.1. The maximum Gasteiger partial charge on any atom is 0.230 e. The summed E-state index contributed by atoms with van der Waals surface area (Å²) in [5.41, 5.74) is 0. The average molecular weight is 221 g/mol. The minimum Gasteiger partial charge on any atom is -0.469 e. The van der Waals surface area contributed by atoms with Crippen LogP contribution >= 0.6 is 0 Å². The number of aryl methyl sites for hydroxylation is 1. The van der Waals surface area contributed by atoms with E-state index in [1.54, 1.807) is 11.2 Å². The Morgan fingerprint density at radius 1 is 1.50 bits per heavy atom. The van der Waals surface area contributed by atoms with E-state index in [0.29, 0.717) is 0 Å². The van der Waals surface area contributed by atoms with Gasteiger partial charge < -0.3 is 9.32 Å². The number of carbonyl (C=O) groups is 2. The van der Waals surface area contributed by atoms with Gasteiger partial charge in [0.25, 0.3) is 0 Å². The van der Waals surface area contributed by atoms with Crippen LogP contribution < -0.4 is 0 Å². The maximum atomic E-state index is 11.5. The molecule has 2 rings (SSSR count). The van der Waals surface area contributed by atoms with Crippen molar-refractivity contribution in [1.29, 1.82) is 0 Å². The van der Waals surface area contributed by atoms with E-state index in [1.165, 1.54) is 0 Å². The van der Waals surface area contributed by atoms with Crippen molar-refractivity contribution in [2.24, 2.45) is 0 Å². The van der Waals surface area contributed by atoms with Crippen LogP contribution in [0.5, 0.6) is 0 Å². The summed E-state index contributed by atoms with van der Waals surface area (Å²) in [6.45, 7) is 2.25. The van der Waals surface area contributed by atoms with Crippen molar-refractivity contribution in [2.75, 3.05) is 6.54 Å². The summed E-state index contributed by atoms with van der Waals surface area (Å²) in [6, 6.07) is 3.87. The van der Waals surface area contributed by atoms with Crippen molar-refractivity contribution in [3.63, 3.8) is 0 Å². The number of carbonyl (C=O) groups excluding carboxylic acids is 2. The van der Waals surface area contributed by atoms with Gasteiger partial charge in [0.15, 0.2) is 5.78 Å². The van der Waals surface area contributed by atoms with Gasteiger partial charge in [0.2, 0.25) is 5.91 Å². The first kappa shape index (κ1) is 10.9. The van der Waals surface area contributed by atoms with Gasteiger partial charge in [-0.2, -0.15) is 0 Å². The minimum atomic E-state index is -0.0445. The molecule has 0 radical (unpaired) electrons. The Balaban J connectivity index is 1.86. The van der Waals surface area contributed by atoms with Gasteiger partial charge >= 0.3 is 0 Å². The number of hydrogen-bond donors (Lipinski definition) is 0. The minimum absolute atomic E-state index is 0.0230. The predicted octanol–water partition coefficient (Wildman–Crippen LogP) is 1.40. The highest BCUT2D eigenvalue weighted by atomic mass is 16.3. The molecule has 1 saturated heterocycles. The molecule has 4 nitrogen and oxygen atoms in total. The number of nitrogens with zero attached hydrogens (tertiary/aromatic N) is 1. The molecule has 0 N–H and O–H groups in total. The van der Waals surface area contributed by atoms with Gasteiger partial charge in [-0.3, -0.25) is 9.59 Å². The molecule has 2 heterocycles. The SMILES string of the molecule is CC(CCc1ccco1)N1CC(=O)CC1=O. The van der Waals surface area contributed by atoms with Crippen molar-refractivity contribution >= 4 is 11.7 Å². The van der Waals surface area contributed by atoms with Gasteiger partial charge in [0, 0.05) is 12.5 Å². The summed E-state index contributed by atoms with van der Waals surface area (Å²) >= 11 is 0. The molecule has 1 atom stereocenters. The lowest BCUT2D eigenvalue weighted by Gasteiger charge is -2.22. The van der Waals surface area contributed by atoms with Gasteiger partial charge in [0.05, 0.1) is 19.2 Å². The van der Waals surface area contributed by atoms with Crippen LogP contribution in [0.3, 0.4) is 0 Å². The van der Waals surface area contributed by atoms with Crippen LogP contribution in [0.25, 0.3) is 0 Å². The molecule has 0 bridgehead atoms. The molecular formula is C12H15NO3. The Morgan fingerprint density at radius 2 is 2.31 bits per heavy atom. The molecule has 0 aliphatic carbocycles. The van der Waals surface area contributed by atoms with E-state index in [0.717, 1.165) is 18.6 Å². The zero-order valence-corrected chi connectivity index (χ0v) is 9.31. The molecule has 0 aromatic carbocycles. The molecule has 4 heteroatoms. The molecule has 1 unspecified atom stereocenters. The fourth-order valence-corrected chi connectivity index (χ4v) is 1.97. The summed E-state index contributed by atoms with van der Waals surface area (Å²) in [7, 11) is 0. The average Bonchev–Trinajstić information content (AvgIpc) is 2.84. The number of amides is 1. The lowest BCUT2D eigenvalue weighted by Crippen LogP contribution is -2.34. The maximum absolute atomic E-state index is 11.5. The second-order valence-corrected chi connectivity index (χ2v) is 4.20. The topological polar surface area (TPSA) is 50.5 Å². The molecule has 86 valence electrons. The van der Waals surface area contributed by atoms with Gasteiger partial charge in [-0.15, -0.1) is 0 Å². The lowest BCUT2D eigenvalue weighted by molar-refractivity contribution is -0.129. The summed E-state index contributed by atoms with van der Waals surface area (Å²) in [5, 5.41) is 0. The second kappa shape index (κ2) is 4.51. The molecule has 0 spiro atoms.